The summed E-state index contributed by atoms with van der Waals surface area (Å²) < 4.78 is 5.54. The van der Waals surface area contributed by atoms with Crippen LogP contribution in [0.1, 0.15) is 15.9 Å². The predicted molar refractivity (Wildman–Crippen MR) is 90.1 cm³/mol. The van der Waals surface area contributed by atoms with Crippen LogP contribution in [-0.4, -0.2) is 19.1 Å². The fourth-order valence-electron chi connectivity index (χ4n) is 2.00. The van der Waals surface area contributed by atoms with Gasteiger partial charge in [-0.15, -0.1) is 0 Å². The van der Waals surface area contributed by atoms with Crippen LogP contribution in [0, 0.1) is 11.3 Å². The van der Waals surface area contributed by atoms with Gasteiger partial charge >= 0.3 is 0 Å². The third-order valence-electron chi connectivity index (χ3n) is 2.98. The molecule has 0 radical (unpaired) electrons. The Balaban J connectivity index is 2.02. The molecule has 0 aliphatic rings. The van der Waals surface area contributed by atoms with E-state index in [1.807, 2.05) is 0 Å². The van der Waals surface area contributed by atoms with Crippen molar-refractivity contribution in [3.63, 3.8) is 0 Å². The number of benzene rings is 2. The number of carbonyl (C=O) groups excluding carboxylic acids is 1. The summed E-state index contributed by atoms with van der Waals surface area (Å²) >= 11 is 11.9. The first-order valence-corrected chi connectivity index (χ1v) is 7.43. The van der Waals surface area contributed by atoms with Crippen molar-refractivity contribution in [3.05, 3.63) is 57.6 Å². The summed E-state index contributed by atoms with van der Waals surface area (Å²) in [4.78, 5) is 11.5. The van der Waals surface area contributed by atoms with Gasteiger partial charge in [0.1, 0.15) is 18.4 Å². The number of primary amides is 1. The summed E-state index contributed by atoms with van der Waals surface area (Å²) in [5.41, 5.74) is 6.39. The molecule has 0 aliphatic heterocycles. The maximum absolute atomic E-state index is 11.5. The zero-order valence-corrected chi connectivity index (χ0v) is 13.5. The highest BCUT2D eigenvalue weighted by molar-refractivity contribution is 6.37. The van der Waals surface area contributed by atoms with Crippen LogP contribution >= 0.6 is 23.2 Å². The van der Waals surface area contributed by atoms with Crippen molar-refractivity contribution in [2.75, 3.05) is 18.5 Å². The largest absolute Gasteiger partial charge is 0.490 e. The number of carbonyl (C=O) groups is 1. The fourth-order valence-corrected chi connectivity index (χ4v) is 2.58. The highest BCUT2D eigenvalue weighted by Crippen LogP contribution is 2.28. The van der Waals surface area contributed by atoms with Crippen molar-refractivity contribution >= 4 is 34.8 Å². The Morgan fingerprint density at radius 2 is 2.04 bits per heavy atom. The molecule has 2 aromatic rings. The number of nitrogens with zero attached hydrogens (tertiary/aromatic N) is 1. The zero-order chi connectivity index (χ0) is 16.8. The lowest BCUT2D eigenvalue weighted by atomic mass is 10.1. The number of nitriles is 1. The van der Waals surface area contributed by atoms with Gasteiger partial charge in [0.2, 0.25) is 0 Å². The van der Waals surface area contributed by atoms with Gasteiger partial charge in [0.15, 0.2) is 0 Å². The van der Waals surface area contributed by atoms with E-state index < -0.39 is 5.91 Å². The van der Waals surface area contributed by atoms with Crippen LogP contribution in [0.4, 0.5) is 5.69 Å². The molecular formula is C16H13Cl2N3O2. The summed E-state index contributed by atoms with van der Waals surface area (Å²) in [5, 5.41) is 12.6. The Morgan fingerprint density at radius 1 is 1.30 bits per heavy atom. The Labute approximate surface area is 143 Å². The van der Waals surface area contributed by atoms with E-state index in [0.717, 1.165) is 0 Å². The molecule has 2 aromatic carbocycles. The lowest BCUT2D eigenvalue weighted by Gasteiger charge is -2.13. The van der Waals surface area contributed by atoms with E-state index >= 15 is 0 Å². The Hall–Kier alpha value is -2.42. The molecule has 5 nitrogen and oxygen atoms in total. The van der Waals surface area contributed by atoms with E-state index in [4.69, 9.17) is 38.9 Å². The summed E-state index contributed by atoms with van der Waals surface area (Å²) in [6.45, 7) is 0.651. The number of ether oxygens (including phenoxy) is 1. The molecule has 0 fully saturated rings. The number of hydrogen-bond acceptors (Lipinski definition) is 4. The number of amides is 1. The van der Waals surface area contributed by atoms with Crippen LogP contribution in [0.5, 0.6) is 5.75 Å². The summed E-state index contributed by atoms with van der Waals surface area (Å²) in [6.07, 6.45) is 0. The summed E-state index contributed by atoms with van der Waals surface area (Å²) in [6, 6.07) is 12.0. The van der Waals surface area contributed by atoms with Gasteiger partial charge < -0.3 is 15.8 Å². The number of hydrogen-bond donors (Lipinski definition) is 2. The molecule has 2 rings (SSSR count). The van der Waals surface area contributed by atoms with Gasteiger partial charge in [0, 0.05) is 11.6 Å². The van der Waals surface area contributed by atoms with E-state index in [0.29, 0.717) is 28.6 Å². The molecule has 0 spiro atoms. The van der Waals surface area contributed by atoms with Crippen LogP contribution in [-0.2, 0) is 0 Å². The predicted octanol–water partition coefficient (Wildman–Crippen LogP) is 3.45. The van der Waals surface area contributed by atoms with E-state index in [-0.39, 0.29) is 17.2 Å². The molecule has 0 saturated heterocycles. The van der Waals surface area contributed by atoms with E-state index in [1.165, 1.54) is 6.07 Å². The van der Waals surface area contributed by atoms with Crippen molar-refractivity contribution < 1.29 is 9.53 Å². The van der Waals surface area contributed by atoms with Gasteiger partial charge in [0.05, 0.1) is 21.8 Å². The van der Waals surface area contributed by atoms with Crippen LogP contribution in [0.3, 0.4) is 0 Å². The maximum Gasteiger partial charge on any atom is 0.252 e. The second-order valence-electron chi connectivity index (χ2n) is 4.56. The first kappa shape index (κ1) is 16.9. The lowest BCUT2D eigenvalue weighted by molar-refractivity contribution is 0.100. The molecule has 0 saturated carbocycles. The number of para-hydroxylation sites is 1. The van der Waals surface area contributed by atoms with Crippen LogP contribution in [0.25, 0.3) is 0 Å². The number of anilines is 1. The van der Waals surface area contributed by atoms with Crippen molar-refractivity contribution in [1.29, 1.82) is 5.26 Å². The quantitative estimate of drug-likeness (QED) is 0.781. The summed E-state index contributed by atoms with van der Waals surface area (Å²) in [7, 11) is 0. The average molecular weight is 350 g/mol. The normalized spacial score (nSPS) is 9.96. The Kier molecular flexibility index (Phi) is 5.69. The number of halogens is 2. The van der Waals surface area contributed by atoms with Gasteiger partial charge in [-0.3, -0.25) is 4.79 Å². The molecule has 0 atom stereocenters. The summed E-state index contributed by atoms with van der Waals surface area (Å²) in [5.74, 6) is -0.152. The van der Waals surface area contributed by atoms with Crippen molar-refractivity contribution in [2.45, 2.75) is 0 Å². The molecule has 1 amide bonds. The van der Waals surface area contributed by atoms with Crippen molar-refractivity contribution in [2.24, 2.45) is 5.73 Å². The molecule has 0 bridgehead atoms. The second kappa shape index (κ2) is 7.73. The Morgan fingerprint density at radius 3 is 2.74 bits per heavy atom. The van der Waals surface area contributed by atoms with Crippen LogP contribution < -0.4 is 15.8 Å². The van der Waals surface area contributed by atoms with E-state index in [1.54, 1.807) is 30.3 Å². The molecule has 0 aromatic heterocycles. The average Bonchev–Trinajstić information content (AvgIpc) is 2.50. The first-order valence-electron chi connectivity index (χ1n) is 6.67. The number of nitrogens with two attached hydrogens (primary N) is 1. The van der Waals surface area contributed by atoms with Crippen LogP contribution in [0.15, 0.2) is 36.4 Å². The third-order valence-corrected chi connectivity index (χ3v) is 3.50. The van der Waals surface area contributed by atoms with Crippen LogP contribution in [0.2, 0.25) is 10.0 Å². The molecular weight excluding hydrogens is 337 g/mol. The number of rotatable bonds is 6. The molecule has 7 heteroatoms. The Bertz CT molecular complexity index is 772. The minimum absolute atomic E-state index is 0.175. The van der Waals surface area contributed by atoms with Gasteiger partial charge in [-0.1, -0.05) is 35.3 Å². The molecule has 0 unspecified atom stereocenters. The number of nitrogens with one attached hydrogen (secondary N) is 1. The minimum Gasteiger partial charge on any atom is -0.490 e. The molecule has 118 valence electrons. The topological polar surface area (TPSA) is 88.1 Å². The smallest absolute Gasteiger partial charge is 0.252 e. The van der Waals surface area contributed by atoms with Gasteiger partial charge in [-0.2, -0.15) is 5.26 Å². The molecule has 0 heterocycles. The van der Waals surface area contributed by atoms with Crippen molar-refractivity contribution in [1.82, 2.24) is 0 Å². The maximum atomic E-state index is 11.5. The molecule has 0 aliphatic carbocycles. The standard InChI is InChI=1S/C16H13Cl2N3O2/c17-11-7-12(18)15(16(20)22)13(8-11)21-5-6-23-14-4-2-1-3-10(14)9-19/h1-4,7-8,21H,5-6H2,(H2,20,22). The van der Waals surface area contributed by atoms with Gasteiger partial charge in [0.25, 0.3) is 5.91 Å². The SMILES string of the molecule is N#Cc1ccccc1OCCNc1cc(Cl)cc(Cl)c1C(N)=O. The highest BCUT2D eigenvalue weighted by atomic mass is 35.5. The van der Waals surface area contributed by atoms with Gasteiger partial charge in [-0.25, -0.2) is 0 Å². The van der Waals surface area contributed by atoms with Gasteiger partial charge in [-0.05, 0) is 24.3 Å². The third kappa shape index (κ3) is 4.28. The van der Waals surface area contributed by atoms with E-state index in [9.17, 15) is 4.79 Å². The molecule has 3 N–H and O–H groups in total. The monoisotopic (exact) mass is 349 g/mol. The van der Waals surface area contributed by atoms with Crippen molar-refractivity contribution in [3.8, 4) is 11.8 Å². The molecule has 23 heavy (non-hydrogen) atoms. The second-order valence-corrected chi connectivity index (χ2v) is 5.40. The lowest BCUT2D eigenvalue weighted by Crippen LogP contribution is -2.18. The highest BCUT2D eigenvalue weighted by Gasteiger charge is 2.14. The fraction of sp³-hybridized carbons (Fsp3) is 0.125. The minimum atomic E-state index is -0.648. The van der Waals surface area contributed by atoms with E-state index in [2.05, 4.69) is 11.4 Å². The first-order chi connectivity index (χ1) is 11.0. The zero-order valence-electron chi connectivity index (χ0n) is 12.0.